The van der Waals surface area contributed by atoms with Gasteiger partial charge in [-0.05, 0) is 18.1 Å². The minimum Gasteiger partial charge on any atom is -0.377 e. The standard InChI is InChI=1S/C16H15F3N2O3/c1-23-9-10-8-13(20-24-10)15(22)21-7-6-12(16(17,18)19)11-4-2-3-5-14(11)21/h2-5,8,12H,6-7,9H2,1H3. The summed E-state index contributed by atoms with van der Waals surface area (Å²) in [6.45, 7) is 0.125. The van der Waals surface area contributed by atoms with E-state index in [0.29, 0.717) is 5.76 Å². The number of methoxy groups -OCH3 is 1. The number of ether oxygens (including phenoxy) is 1. The van der Waals surface area contributed by atoms with Crippen molar-refractivity contribution < 1.29 is 27.2 Å². The fraction of sp³-hybridized carbons (Fsp3) is 0.375. The van der Waals surface area contributed by atoms with Crippen LogP contribution in [0.25, 0.3) is 0 Å². The maximum atomic E-state index is 13.2. The van der Waals surface area contributed by atoms with Gasteiger partial charge in [0.1, 0.15) is 6.61 Å². The second-order valence-electron chi connectivity index (χ2n) is 5.51. The van der Waals surface area contributed by atoms with Gasteiger partial charge in [-0.25, -0.2) is 0 Å². The molecule has 0 radical (unpaired) electrons. The molecule has 128 valence electrons. The van der Waals surface area contributed by atoms with Gasteiger partial charge in [-0.1, -0.05) is 23.4 Å². The van der Waals surface area contributed by atoms with E-state index in [-0.39, 0.29) is 36.5 Å². The van der Waals surface area contributed by atoms with Gasteiger partial charge >= 0.3 is 6.18 Å². The molecule has 1 unspecified atom stereocenters. The number of fused-ring (bicyclic) bond motifs is 1. The highest BCUT2D eigenvalue weighted by Gasteiger charge is 2.45. The van der Waals surface area contributed by atoms with Crippen LogP contribution in [0.4, 0.5) is 18.9 Å². The normalized spacial score (nSPS) is 17.7. The van der Waals surface area contributed by atoms with E-state index in [9.17, 15) is 18.0 Å². The number of carbonyl (C=O) groups is 1. The second kappa shape index (κ2) is 6.27. The molecule has 0 fully saturated rings. The topological polar surface area (TPSA) is 55.6 Å². The molecule has 24 heavy (non-hydrogen) atoms. The Kier molecular flexibility index (Phi) is 4.31. The fourth-order valence-electron chi connectivity index (χ4n) is 2.88. The van der Waals surface area contributed by atoms with Gasteiger partial charge in [-0.3, -0.25) is 4.79 Å². The molecule has 1 amide bonds. The summed E-state index contributed by atoms with van der Waals surface area (Å²) in [5, 5.41) is 3.68. The van der Waals surface area contributed by atoms with Crippen molar-refractivity contribution in [3.63, 3.8) is 0 Å². The molecule has 1 aromatic carbocycles. The number of halogens is 3. The summed E-state index contributed by atoms with van der Waals surface area (Å²) >= 11 is 0. The number of hydrogen-bond acceptors (Lipinski definition) is 4. The zero-order valence-corrected chi connectivity index (χ0v) is 12.8. The molecule has 0 bridgehead atoms. The first kappa shape index (κ1) is 16.5. The third kappa shape index (κ3) is 3.01. The van der Waals surface area contributed by atoms with Gasteiger partial charge in [0, 0.05) is 25.4 Å². The van der Waals surface area contributed by atoms with Crippen molar-refractivity contribution in [2.75, 3.05) is 18.6 Å². The quantitative estimate of drug-likeness (QED) is 0.858. The number of carbonyl (C=O) groups excluding carboxylic acids is 1. The summed E-state index contributed by atoms with van der Waals surface area (Å²) in [5.41, 5.74) is 0.403. The number of alkyl halides is 3. The maximum absolute atomic E-state index is 13.2. The first-order valence-corrected chi connectivity index (χ1v) is 7.34. The zero-order chi connectivity index (χ0) is 17.3. The van der Waals surface area contributed by atoms with E-state index in [1.54, 1.807) is 12.1 Å². The van der Waals surface area contributed by atoms with Gasteiger partial charge in [0.25, 0.3) is 5.91 Å². The number of benzene rings is 1. The largest absolute Gasteiger partial charge is 0.395 e. The maximum Gasteiger partial charge on any atom is 0.395 e. The van der Waals surface area contributed by atoms with E-state index in [1.165, 1.54) is 30.2 Å². The van der Waals surface area contributed by atoms with Crippen LogP contribution in [0.3, 0.4) is 0 Å². The third-order valence-electron chi connectivity index (χ3n) is 3.95. The molecule has 0 spiro atoms. The Hall–Kier alpha value is -2.35. The average Bonchev–Trinajstić information content (AvgIpc) is 3.01. The van der Waals surface area contributed by atoms with E-state index in [0.717, 1.165) is 0 Å². The lowest BCUT2D eigenvalue weighted by Gasteiger charge is -2.34. The summed E-state index contributed by atoms with van der Waals surface area (Å²) in [5.74, 6) is -1.69. The Morgan fingerprint density at radius 2 is 2.17 bits per heavy atom. The molecule has 2 heterocycles. The van der Waals surface area contributed by atoms with Crippen molar-refractivity contribution in [2.45, 2.75) is 25.1 Å². The fourth-order valence-corrected chi connectivity index (χ4v) is 2.88. The van der Waals surface area contributed by atoms with Crippen molar-refractivity contribution in [3.8, 4) is 0 Å². The molecule has 1 aliphatic rings. The van der Waals surface area contributed by atoms with Crippen LogP contribution in [0.2, 0.25) is 0 Å². The van der Waals surface area contributed by atoms with Crippen LogP contribution < -0.4 is 4.90 Å². The van der Waals surface area contributed by atoms with Crippen molar-refractivity contribution in [1.29, 1.82) is 0 Å². The number of anilines is 1. The summed E-state index contributed by atoms with van der Waals surface area (Å²) < 4.78 is 49.5. The summed E-state index contributed by atoms with van der Waals surface area (Å²) in [4.78, 5) is 13.9. The van der Waals surface area contributed by atoms with Crippen LogP contribution in [0.1, 0.15) is 34.2 Å². The molecule has 0 saturated carbocycles. The van der Waals surface area contributed by atoms with E-state index < -0.39 is 18.0 Å². The molecular formula is C16H15F3N2O3. The molecule has 0 aliphatic carbocycles. The third-order valence-corrected chi connectivity index (χ3v) is 3.95. The molecule has 2 aromatic rings. The Labute approximate surface area is 136 Å². The number of rotatable bonds is 3. The predicted octanol–water partition coefficient (Wildman–Crippen LogP) is 3.52. The van der Waals surface area contributed by atoms with Crippen molar-refractivity contribution >= 4 is 11.6 Å². The number of amides is 1. The Morgan fingerprint density at radius 3 is 2.88 bits per heavy atom. The molecule has 1 atom stereocenters. The van der Waals surface area contributed by atoms with Crippen molar-refractivity contribution in [1.82, 2.24) is 5.16 Å². The minimum atomic E-state index is -4.34. The first-order valence-electron chi connectivity index (χ1n) is 7.34. The van der Waals surface area contributed by atoms with Crippen LogP contribution in [-0.2, 0) is 11.3 Å². The Bertz CT molecular complexity index is 742. The van der Waals surface area contributed by atoms with Crippen LogP contribution >= 0.6 is 0 Å². The van der Waals surface area contributed by atoms with Crippen LogP contribution in [0.5, 0.6) is 0 Å². The van der Waals surface area contributed by atoms with Gasteiger partial charge in [0.05, 0.1) is 5.92 Å². The lowest BCUT2D eigenvalue weighted by atomic mass is 9.89. The van der Waals surface area contributed by atoms with Crippen LogP contribution in [-0.4, -0.2) is 30.9 Å². The molecule has 5 nitrogen and oxygen atoms in total. The van der Waals surface area contributed by atoms with Gasteiger partial charge in [0.15, 0.2) is 11.5 Å². The zero-order valence-electron chi connectivity index (χ0n) is 12.8. The minimum absolute atomic E-state index is 0.0352. The Morgan fingerprint density at radius 1 is 1.42 bits per heavy atom. The number of para-hydroxylation sites is 1. The van der Waals surface area contributed by atoms with E-state index in [2.05, 4.69) is 5.16 Å². The highest BCUT2D eigenvalue weighted by molar-refractivity contribution is 6.05. The lowest BCUT2D eigenvalue weighted by molar-refractivity contribution is -0.152. The first-order chi connectivity index (χ1) is 11.4. The molecule has 1 aromatic heterocycles. The number of aromatic nitrogens is 1. The summed E-state index contributed by atoms with van der Waals surface area (Å²) in [6.07, 6.45) is -4.53. The van der Waals surface area contributed by atoms with Gasteiger partial charge in [0.2, 0.25) is 0 Å². The van der Waals surface area contributed by atoms with Gasteiger partial charge in [-0.15, -0.1) is 0 Å². The van der Waals surface area contributed by atoms with Crippen LogP contribution in [0.15, 0.2) is 34.9 Å². The molecule has 1 aliphatic heterocycles. The average molecular weight is 340 g/mol. The lowest BCUT2D eigenvalue weighted by Crippen LogP contribution is -2.39. The molecule has 3 rings (SSSR count). The number of nitrogens with zero attached hydrogens (tertiary/aromatic N) is 2. The summed E-state index contributed by atoms with van der Waals surface area (Å²) in [6, 6.07) is 7.51. The highest BCUT2D eigenvalue weighted by atomic mass is 19.4. The molecule has 0 saturated heterocycles. The Balaban J connectivity index is 1.92. The smallest absolute Gasteiger partial charge is 0.377 e. The number of hydrogen-bond donors (Lipinski definition) is 0. The van der Waals surface area contributed by atoms with Crippen molar-refractivity contribution in [3.05, 3.63) is 47.3 Å². The van der Waals surface area contributed by atoms with E-state index >= 15 is 0 Å². The van der Waals surface area contributed by atoms with Gasteiger partial charge < -0.3 is 14.2 Å². The predicted molar refractivity (Wildman–Crippen MR) is 78.7 cm³/mol. The van der Waals surface area contributed by atoms with E-state index in [4.69, 9.17) is 9.26 Å². The molecular weight excluding hydrogens is 325 g/mol. The summed E-state index contributed by atoms with van der Waals surface area (Å²) in [7, 11) is 1.47. The van der Waals surface area contributed by atoms with Crippen molar-refractivity contribution in [2.24, 2.45) is 0 Å². The molecule has 0 N–H and O–H groups in total. The van der Waals surface area contributed by atoms with E-state index in [1.807, 2.05) is 0 Å². The SMILES string of the molecule is COCc1cc(C(=O)N2CCC(C(F)(F)F)c3ccccc32)no1. The highest BCUT2D eigenvalue weighted by Crippen LogP contribution is 2.44. The molecule has 8 heteroatoms. The van der Waals surface area contributed by atoms with Gasteiger partial charge in [-0.2, -0.15) is 13.2 Å². The van der Waals surface area contributed by atoms with Crippen LogP contribution in [0, 0.1) is 0 Å². The second-order valence-corrected chi connectivity index (χ2v) is 5.51. The monoisotopic (exact) mass is 340 g/mol.